The van der Waals surface area contributed by atoms with Crippen LogP contribution in [0.2, 0.25) is 0 Å². The smallest absolute Gasteiger partial charge is 0.322 e. The maximum atomic E-state index is 12.2. The summed E-state index contributed by atoms with van der Waals surface area (Å²) in [6.07, 6.45) is 3.92. The molecule has 2 N–H and O–H groups in total. The Morgan fingerprint density at radius 3 is 2.90 bits per heavy atom. The van der Waals surface area contributed by atoms with Crippen LogP contribution in [0, 0.1) is 0 Å². The van der Waals surface area contributed by atoms with Gasteiger partial charge in [0.05, 0.1) is 19.1 Å². The average molecular weight is 281 g/mol. The second kappa shape index (κ2) is 5.05. The molecule has 0 aliphatic carbocycles. The fourth-order valence-electron chi connectivity index (χ4n) is 3.13. The molecule has 0 bridgehead atoms. The second-order valence-corrected chi connectivity index (χ2v) is 5.75. The van der Waals surface area contributed by atoms with Crippen molar-refractivity contribution in [2.75, 3.05) is 19.7 Å². The van der Waals surface area contributed by atoms with Crippen LogP contribution in [0.25, 0.3) is 0 Å². The normalized spacial score (nSPS) is 33.4. The van der Waals surface area contributed by atoms with Crippen LogP contribution >= 0.6 is 0 Å². The number of ether oxygens (including phenoxy) is 1. The third-order valence-electron chi connectivity index (χ3n) is 4.31. The number of imide groups is 1. The van der Waals surface area contributed by atoms with Gasteiger partial charge in [-0.15, -0.1) is 0 Å². The average Bonchev–Trinajstić information content (AvgIpc) is 2.96. The van der Waals surface area contributed by atoms with Gasteiger partial charge in [0.1, 0.15) is 5.54 Å². The molecule has 7 heteroatoms. The lowest BCUT2D eigenvalue weighted by atomic mass is 9.99. The fourth-order valence-corrected chi connectivity index (χ4v) is 3.13. The number of hydrogen-bond donors (Lipinski definition) is 2. The summed E-state index contributed by atoms with van der Waals surface area (Å²) in [4.78, 5) is 37.0. The molecule has 20 heavy (non-hydrogen) atoms. The molecule has 2 atom stereocenters. The highest BCUT2D eigenvalue weighted by Crippen LogP contribution is 2.26. The van der Waals surface area contributed by atoms with Crippen molar-refractivity contribution in [3.63, 3.8) is 0 Å². The molecule has 1 spiro atoms. The van der Waals surface area contributed by atoms with Crippen molar-refractivity contribution in [2.24, 2.45) is 0 Å². The van der Waals surface area contributed by atoms with Gasteiger partial charge in [-0.05, 0) is 25.7 Å². The van der Waals surface area contributed by atoms with Gasteiger partial charge < -0.3 is 15.0 Å². The highest BCUT2D eigenvalue weighted by molar-refractivity contribution is 6.07. The monoisotopic (exact) mass is 281 g/mol. The van der Waals surface area contributed by atoms with E-state index in [9.17, 15) is 14.4 Å². The summed E-state index contributed by atoms with van der Waals surface area (Å²) < 4.78 is 5.57. The predicted molar refractivity (Wildman–Crippen MR) is 68.8 cm³/mol. The molecule has 3 heterocycles. The van der Waals surface area contributed by atoms with E-state index < -0.39 is 11.6 Å². The van der Waals surface area contributed by atoms with E-state index >= 15 is 0 Å². The molecule has 110 valence electrons. The Balaban J connectivity index is 1.58. The van der Waals surface area contributed by atoms with Gasteiger partial charge in [-0.3, -0.25) is 14.9 Å². The highest BCUT2D eigenvalue weighted by atomic mass is 16.5. The van der Waals surface area contributed by atoms with Gasteiger partial charge in [0.25, 0.3) is 5.91 Å². The lowest BCUT2D eigenvalue weighted by Crippen LogP contribution is -2.49. The summed E-state index contributed by atoms with van der Waals surface area (Å²) in [5.74, 6) is -0.325. The van der Waals surface area contributed by atoms with Crippen LogP contribution in [-0.2, 0) is 14.3 Å². The molecule has 3 saturated heterocycles. The van der Waals surface area contributed by atoms with Crippen molar-refractivity contribution in [3.8, 4) is 0 Å². The summed E-state index contributed by atoms with van der Waals surface area (Å²) in [7, 11) is 0. The minimum atomic E-state index is -0.917. The maximum Gasteiger partial charge on any atom is 0.322 e. The lowest BCUT2D eigenvalue weighted by molar-refractivity contribution is -0.134. The summed E-state index contributed by atoms with van der Waals surface area (Å²) >= 11 is 0. The van der Waals surface area contributed by atoms with Crippen molar-refractivity contribution < 1.29 is 19.1 Å². The van der Waals surface area contributed by atoms with E-state index in [4.69, 9.17) is 4.74 Å². The maximum absolute atomic E-state index is 12.2. The van der Waals surface area contributed by atoms with Crippen LogP contribution in [0.15, 0.2) is 0 Å². The van der Waals surface area contributed by atoms with Gasteiger partial charge in [-0.25, -0.2) is 4.79 Å². The summed E-state index contributed by atoms with van der Waals surface area (Å²) in [6.45, 7) is 1.48. The number of nitrogens with zero attached hydrogens (tertiary/aromatic N) is 1. The first-order valence-corrected chi connectivity index (χ1v) is 7.12. The molecule has 0 aromatic carbocycles. The topological polar surface area (TPSA) is 87.7 Å². The molecular weight excluding hydrogens is 262 g/mol. The van der Waals surface area contributed by atoms with E-state index in [1.807, 2.05) is 0 Å². The molecule has 3 rings (SSSR count). The Morgan fingerprint density at radius 2 is 2.25 bits per heavy atom. The standard InChI is InChI=1S/C13H19N3O4/c17-10(7-9-3-1-2-6-20-9)16-5-4-13(8-16)11(18)14-12(19)15-13/h9H,1-8H2,(H2,14,15,18,19). The van der Waals surface area contributed by atoms with Crippen molar-refractivity contribution in [3.05, 3.63) is 0 Å². The Morgan fingerprint density at radius 1 is 1.40 bits per heavy atom. The van der Waals surface area contributed by atoms with Crippen LogP contribution in [0.4, 0.5) is 4.79 Å². The molecule has 7 nitrogen and oxygen atoms in total. The molecule has 4 amide bonds. The van der Waals surface area contributed by atoms with E-state index in [-0.39, 0.29) is 24.5 Å². The number of nitrogens with one attached hydrogen (secondary N) is 2. The number of hydrogen-bond acceptors (Lipinski definition) is 4. The summed E-state index contributed by atoms with van der Waals surface area (Å²) in [6, 6.07) is -0.472. The van der Waals surface area contributed by atoms with Crippen LogP contribution in [-0.4, -0.2) is 54.1 Å². The Kier molecular flexibility index (Phi) is 3.37. The van der Waals surface area contributed by atoms with Crippen molar-refractivity contribution in [2.45, 2.75) is 43.7 Å². The Hall–Kier alpha value is -1.63. The van der Waals surface area contributed by atoms with Crippen LogP contribution in [0.5, 0.6) is 0 Å². The minimum Gasteiger partial charge on any atom is -0.378 e. The number of likely N-dealkylation sites (tertiary alicyclic amines) is 1. The first-order valence-electron chi connectivity index (χ1n) is 7.12. The molecule has 3 aliphatic heterocycles. The minimum absolute atomic E-state index is 0.000189. The summed E-state index contributed by atoms with van der Waals surface area (Å²) in [5.41, 5.74) is -0.917. The fraction of sp³-hybridized carbons (Fsp3) is 0.769. The van der Waals surface area contributed by atoms with E-state index in [2.05, 4.69) is 10.6 Å². The molecule has 3 fully saturated rings. The van der Waals surface area contributed by atoms with Crippen molar-refractivity contribution in [1.29, 1.82) is 0 Å². The lowest BCUT2D eigenvalue weighted by Gasteiger charge is -2.25. The van der Waals surface area contributed by atoms with Crippen molar-refractivity contribution in [1.82, 2.24) is 15.5 Å². The third-order valence-corrected chi connectivity index (χ3v) is 4.31. The van der Waals surface area contributed by atoms with E-state index in [0.717, 1.165) is 25.9 Å². The third kappa shape index (κ3) is 2.37. The Bertz CT molecular complexity index is 447. The zero-order valence-corrected chi connectivity index (χ0v) is 11.3. The number of carbonyl (C=O) groups excluding carboxylic acids is 3. The molecule has 2 unspecified atom stereocenters. The van der Waals surface area contributed by atoms with Crippen molar-refractivity contribution >= 4 is 17.8 Å². The zero-order valence-electron chi connectivity index (χ0n) is 11.3. The number of urea groups is 1. The molecule has 0 saturated carbocycles. The molecule has 3 aliphatic rings. The van der Waals surface area contributed by atoms with Gasteiger partial charge in [0.15, 0.2) is 0 Å². The molecule has 0 aromatic rings. The first kappa shape index (κ1) is 13.4. The Labute approximate surface area is 117 Å². The SMILES string of the molecule is O=C1NC(=O)C2(CCN(C(=O)CC3CCCCO3)C2)N1. The highest BCUT2D eigenvalue weighted by Gasteiger charge is 2.51. The van der Waals surface area contributed by atoms with Crippen LogP contribution in [0.1, 0.15) is 32.1 Å². The van der Waals surface area contributed by atoms with Crippen LogP contribution < -0.4 is 10.6 Å². The quantitative estimate of drug-likeness (QED) is 0.684. The number of amides is 4. The van der Waals surface area contributed by atoms with Gasteiger partial charge in [-0.1, -0.05) is 0 Å². The van der Waals surface area contributed by atoms with E-state index in [0.29, 0.717) is 19.4 Å². The van der Waals surface area contributed by atoms with Crippen LogP contribution in [0.3, 0.4) is 0 Å². The number of rotatable bonds is 2. The van der Waals surface area contributed by atoms with Gasteiger partial charge in [0.2, 0.25) is 5.91 Å². The van der Waals surface area contributed by atoms with E-state index in [1.54, 1.807) is 4.90 Å². The number of carbonyl (C=O) groups is 3. The molecule has 0 aromatic heterocycles. The van der Waals surface area contributed by atoms with Gasteiger partial charge in [0, 0.05) is 13.2 Å². The largest absolute Gasteiger partial charge is 0.378 e. The molecule has 0 radical (unpaired) electrons. The van der Waals surface area contributed by atoms with Gasteiger partial charge >= 0.3 is 6.03 Å². The van der Waals surface area contributed by atoms with E-state index in [1.165, 1.54) is 0 Å². The first-order chi connectivity index (χ1) is 9.59. The zero-order chi connectivity index (χ0) is 14.2. The second-order valence-electron chi connectivity index (χ2n) is 5.75. The summed E-state index contributed by atoms with van der Waals surface area (Å²) in [5, 5.41) is 4.88. The molecular formula is C13H19N3O4. The van der Waals surface area contributed by atoms with Gasteiger partial charge in [-0.2, -0.15) is 0 Å². The predicted octanol–water partition coefficient (Wildman–Crippen LogP) is -0.244.